The molecule has 3 rings (SSSR count). The number of thioether (sulfide) groups is 1. The van der Waals surface area contributed by atoms with Crippen LogP contribution < -0.4 is 10.1 Å². The van der Waals surface area contributed by atoms with Crippen LogP contribution in [0.15, 0.2) is 52.9 Å². The Bertz CT molecular complexity index is 885. The standard InChI is InChI=1S/C16H14N4O3S2/c1-23-13-7-4-6-12(9-13)17-15-18-19-16(25-15)24-10-11-5-2-3-8-14(11)20(21)22/h2-9H,10H2,1H3,(H,17,18). The van der Waals surface area contributed by atoms with Crippen LogP contribution in [0.3, 0.4) is 0 Å². The van der Waals surface area contributed by atoms with Gasteiger partial charge in [0.15, 0.2) is 4.34 Å². The summed E-state index contributed by atoms with van der Waals surface area (Å²) in [5.41, 5.74) is 1.63. The number of benzene rings is 2. The molecule has 0 saturated carbocycles. The third kappa shape index (κ3) is 4.46. The minimum Gasteiger partial charge on any atom is -0.497 e. The van der Waals surface area contributed by atoms with Gasteiger partial charge in [0.05, 0.1) is 12.0 Å². The van der Waals surface area contributed by atoms with Gasteiger partial charge < -0.3 is 10.1 Å². The van der Waals surface area contributed by atoms with Crippen molar-refractivity contribution < 1.29 is 9.66 Å². The fourth-order valence-corrected chi connectivity index (χ4v) is 3.86. The second-order valence-corrected chi connectivity index (χ2v) is 7.10. The van der Waals surface area contributed by atoms with E-state index in [4.69, 9.17) is 4.74 Å². The third-order valence-electron chi connectivity index (χ3n) is 3.27. The predicted octanol–water partition coefficient (Wildman–Crippen LogP) is 4.49. The van der Waals surface area contributed by atoms with Crippen molar-refractivity contribution >= 4 is 39.6 Å². The molecule has 1 heterocycles. The molecule has 2 aromatic carbocycles. The highest BCUT2D eigenvalue weighted by molar-refractivity contribution is 8.00. The van der Waals surface area contributed by atoms with E-state index < -0.39 is 0 Å². The first-order valence-electron chi connectivity index (χ1n) is 7.25. The fourth-order valence-electron chi connectivity index (χ4n) is 2.09. The Kier molecular flexibility index (Phi) is 5.46. The molecule has 0 radical (unpaired) electrons. The summed E-state index contributed by atoms with van der Waals surface area (Å²) in [7, 11) is 1.61. The number of hydrogen-bond acceptors (Lipinski definition) is 8. The molecule has 0 saturated heterocycles. The predicted molar refractivity (Wildman–Crippen MR) is 98.8 cm³/mol. The van der Waals surface area contributed by atoms with E-state index in [0.717, 1.165) is 15.8 Å². The molecule has 25 heavy (non-hydrogen) atoms. The summed E-state index contributed by atoms with van der Waals surface area (Å²) in [5, 5.41) is 23.1. The van der Waals surface area contributed by atoms with Crippen molar-refractivity contribution in [1.82, 2.24) is 10.2 Å². The third-order valence-corrected chi connectivity index (χ3v) is 5.29. The molecule has 0 atom stereocenters. The molecule has 3 aromatic rings. The van der Waals surface area contributed by atoms with Gasteiger partial charge in [-0.15, -0.1) is 10.2 Å². The molecule has 1 N–H and O–H groups in total. The van der Waals surface area contributed by atoms with Crippen LogP contribution in [0, 0.1) is 10.1 Å². The Labute approximate surface area is 152 Å². The number of nitro benzene ring substituents is 1. The number of nitrogens with zero attached hydrogens (tertiary/aromatic N) is 3. The quantitative estimate of drug-likeness (QED) is 0.370. The highest BCUT2D eigenvalue weighted by Crippen LogP contribution is 2.32. The van der Waals surface area contributed by atoms with E-state index >= 15 is 0 Å². The van der Waals surface area contributed by atoms with Gasteiger partial charge in [0.2, 0.25) is 5.13 Å². The lowest BCUT2D eigenvalue weighted by atomic mass is 10.2. The van der Waals surface area contributed by atoms with E-state index in [0.29, 0.717) is 16.4 Å². The molecule has 0 bridgehead atoms. The van der Waals surface area contributed by atoms with Crippen LogP contribution in [0.5, 0.6) is 5.75 Å². The number of hydrogen-bond donors (Lipinski definition) is 1. The highest BCUT2D eigenvalue weighted by atomic mass is 32.2. The molecule has 9 heteroatoms. The van der Waals surface area contributed by atoms with Crippen LogP contribution in [-0.4, -0.2) is 22.2 Å². The van der Waals surface area contributed by atoms with E-state index in [2.05, 4.69) is 15.5 Å². The summed E-state index contributed by atoms with van der Waals surface area (Å²) >= 11 is 2.81. The summed E-state index contributed by atoms with van der Waals surface area (Å²) in [6.07, 6.45) is 0. The molecule has 0 amide bonds. The van der Waals surface area contributed by atoms with Crippen molar-refractivity contribution in [3.05, 3.63) is 64.2 Å². The largest absolute Gasteiger partial charge is 0.497 e. The SMILES string of the molecule is COc1cccc(Nc2nnc(SCc3ccccc3[N+](=O)[O-])s2)c1. The Balaban J connectivity index is 1.65. The van der Waals surface area contributed by atoms with Crippen molar-refractivity contribution in [2.24, 2.45) is 0 Å². The first kappa shape index (κ1) is 17.2. The van der Waals surface area contributed by atoms with Crippen molar-refractivity contribution in [2.45, 2.75) is 10.1 Å². The first-order chi connectivity index (χ1) is 12.2. The Hall–Kier alpha value is -2.65. The van der Waals surface area contributed by atoms with E-state index in [-0.39, 0.29) is 10.6 Å². The van der Waals surface area contributed by atoms with Crippen molar-refractivity contribution in [3.8, 4) is 5.75 Å². The van der Waals surface area contributed by atoms with Crippen LogP contribution >= 0.6 is 23.1 Å². The molecule has 0 unspecified atom stereocenters. The van der Waals surface area contributed by atoms with Gasteiger partial charge in [-0.2, -0.15) is 0 Å². The van der Waals surface area contributed by atoms with Crippen LogP contribution in [0.4, 0.5) is 16.5 Å². The van der Waals surface area contributed by atoms with Crippen molar-refractivity contribution in [3.63, 3.8) is 0 Å². The van der Waals surface area contributed by atoms with Gasteiger partial charge >= 0.3 is 0 Å². The van der Waals surface area contributed by atoms with E-state index in [1.54, 1.807) is 25.3 Å². The maximum atomic E-state index is 11.0. The van der Waals surface area contributed by atoms with Crippen LogP contribution in [0.25, 0.3) is 0 Å². The summed E-state index contributed by atoms with van der Waals surface area (Å²) in [6.45, 7) is 0. The monoisotopic (exact) mass is 374 g/mol. The van der Waals surface area contributed by atoms with Gasteiger partial charge in [-0.05, 0) is 12.1 Å². The fraction of sp³-hybridized carbons (Fsp3) is 0.125. The first-order valence-corrected chi connectivity index (χ1v) is 9.05. The molecule has 0 aliphatic carbocycles. The van der Waals surface area contributed by atoms with E-state index in [1.165, 1.54) is 29.2 Å². The Morgan fingerprint density at radius 1 is 1.24 bits per heavy atom. The summed E-state index contributed by atoms with van der Waals surface area (Å²) < 4.78 is 5.92. The normalized spacial score (nSPS) is 10.4. The number of aromatic nitrogens is 2. The van der Waals surface area contributed by atoms with Crippen LogP contribution in [0.1, 0.15) is 5.56 Å². The molecular weight excluding hydrogens is 360 g/mol. The maximum absolute atomic E-state index is 11.0. The average molecular weight is 374 g/mol. The van der Waals surface area contributed by atoms with Crippen molar-refractivity contribution in [2.75, 3.05) is 12.4 Å². The molecule has 0 aliphatic rings. The smallest absolute Gasteiger partial charge is 0.273 e. The minimum atomic E-state index is -0.369. The maximum Gasteiger partial charge on any atom is 0.273 e. The van der Waals surface area contributed by atoms with E-state index in [1.807, 2.05) is 24.3 Å². The Morgan fingerprint density at radius 2 is 2.08 bits per heavy atom. The second kappa shape index (κ2) is 7.95. The molecule has 7 nitrogen and oxygen atoms in total. The molecule has 0 spiro atoms. The molecule has 1 aromatic heterocycles. The highest BCUT2D eigenvalue weighted by Gasteiger charge is 2.14. The molecule has 0 aliphatic heterocycles. The summed E-state index contributed by atoms with van der Waals surface area (Å²) in [6, 6.07) is 14.2. The topological polar surface area (TPSA) is 90.2 Å². The lowest BCUT2D eigenvalue weighted by molar-refractivity contribution is -0.385. The number of nitro groups is 1. The van der Waals surface area contributed by atoms with Gasteiger partial charge in [0.1, 0.15) is 5.75 Å². The Morgan fingerprint density at radius 3 is 2.88 bits per heavy atom. The second-order valence-electron chi connectivity index (χ2n) is 4.90. The zero-order chi connectivity index (χ0) is 17.6. The number of para-hydroxylation sites is 1. The molecule has 0 fully saturated rings. The number of methoxy groups -OCH3 is 1. The number of anilines is 2. The van der Waals surface area contributed by atoms with Gasteiger partial charge in [0, 0.05) is 29.1 Å². The van der Waals surface area contributed by atoms with Gasteiger partial charge in [-0.25, -0.2) is 0 Å². The summed E-state index contributed by atoms with van der Waals surface area (Å²) in [5.74, 6) is 1.21. The lowest BCUT2D eigenvalue weighted by Crippen LogP contribution is -1.93. The molecular formula is C16H14N4O3S2. The summed E-state index contributed by atoms with van der Waals surface area (Å²) in [4.78, 5) is 10.7. The van der Waals surface area contributed by atoms with Crippen LogP contribution in [-0.2, 0) is 5.75 Å². The zero-order valence-corrected chi connectivity index (χ0v) is 14.8. The number of nitrogens with one attached hydrogen (secondary N) is 1. The van der Waals surface area contributed by atoms with Crippen molar-refractivity contribution in [1.29, 1.82) is 0 Å². The lowest BCUT2D eigenvalue weighted by Gasteiger charge is -2.04. The number of ether oxygens (including phenoxy) is 1. The van der Waals surface area contributed by atoms with Gasteiger partial charge in [0.25, 0.3) is 5.69 Å². The van der Waals surface area contributed by atoms with E-state index in [9.17, 15) is 10.1 Å². The zero-order valence-electron chi connectivity index (χ0n) is 13.2. The minimum absolute atomic E-state index is 0.120. The average Bonchev–Trinajstić information content (AvgIpc) is 3.07. The van der Waals surface area contributed by atoms with Gasteiger partial charge in [-0.3, -0.25) is 10.1 Å². The molecule has 128 valence electrons. The number of rotatable bonds is 7. The van der Waals surface area contributed by atoms with Gasteiger partial charge in [-0.1, -0.05) is 47.4 Å². The van der Waals surface area contributed by atoms with Crippen LogP contribution in [0.2, 0.25) is 0 Å².